The summed E-state index contributed by atoms with van der Waals surface area (Å²) in [5, 5.41) is 17.3. The molecule has 0 aromatic heterocycles. The van der Waals surface area contributed by atoms with Crippen molar-refractivity contribution in [2.45, 2.75) is 0 Å². The van der Waals surface area contributed by atoms with Crippen LogP contribution in [0.4, 0.5) is 0 Å². The second kappa shape index (κ2) is 19.5. The molecule has 40 heavy (non-hydrogen) atoms. The monoisotopic (exact) mass is 564 g/mol. The Labute approximate surface area is 234 Å². The van der Waals surface area contributed by atoms with Crippen molar-refractivity contribution in [3.8, 4) is 22.6 Å². The molecule has 1 aliphatic carbocycles. The Kier molecular flexibility index (Phi) is 15.5. The van der Waals surface area contributed by atoms with Crippen LogP contribution in [0.1, 0.15) is 15.9 Å². The fourth-order valence-corrected chi connectivity index (χ4v) is 3.87. The van der Waals surface area contributed by atoms with Crippen LogP contribution in [-0.2, 0) is 28.4 Å². The molecule has 0 atom stereocenters. The average Bonchev–Trinajstić information content (AvgIpc) is 3.25. The quantitative estimate of drug-likeness (QED) is 0.154. The van der Waals surface area contributed by atoms with Gasteiger partial charge in [-0.05, 0) is 47.5 Å². The van der Waals surface area contributed by atoms with E-state index in [1.807, 2.05) is 24.3 Å². The van der Waals surface area contributed by atoms with Crippen molar-refractivity contribution in [1.82, 2.24) is 0 Å². The summed E-state index contributed by atoms with van der Waals surface area (Å²) in [6.45, 7) is 5.69. The maximum Gasteiger partial charge on any atom is 0.194 e. The van der Waals surface area contributed by atoms with Gasteiger partial charge in [-0.15, -0.1) is 0 Å². The molecule has 11 nitrogen and oxygen atoms in total. The highest BCUT2D eigenvalue weighted by Crippen LogP contribution is 2.39. The average molecular weight is 565 g/mol. The highest BCUT2D eigenvalue weighted by molar-refractivity contribution is 6.22. The van der Waals surface area contributed by atoms with Crippen molar-refractivity contribution >= 4 is 5.78 Å². The minimum absolute atomic E-state index is 0.00466. The lowest BCUT2D eigenvalue weighted by Gasteiger charge is -2.09. The zero-order valence-corrected chi connectivity index (χ0v) is 22.8. The van der Waals surface area contributed by atoms with Crippen molar-refractivity contribution < 1.29 is 52.9 Å². The van der Waals surface area contributed by atoms with Gasteiger partial charge >= 0.3 is 0 Å². The van der Waals surface area contributed by atoms with Crippen molar-refractivity contribution in [3.63, 3.8) is 0 Å². The minimum Gasteiger partial charge on any atom is -0.491 e. The SMILES string of the molecule is O=C1c2cc(OCCOCCOCCOCCO)ccc2-c2ccc(OCCOCCOCCOCCO)cc21. The number of hydrogen-bond donors (Lipinski definition) is 2. The largest absolute Gasteiger partial charge is 0.491 e. The van der Waals surface area contributed by atoms with E-state index in [4.69, 9.17) is 48.1 Å². The minimum atomic E-state index is -0.0615. The molecule has 11 heteroatoms. The first-order valence-electron chi connectivity index (χ1n) is 13.5. The summed E-state index contributed by atoms with van der Waals surface area (Å²) in [4.78, 5) is 13.1. The van der Waals surface area contributed by atoms with E-state index in [-0.39, 0.29) is 19.0 Å². The third kappa shape index (κ3) is 11.1. The zero-order valence-electron chi connectivity index (χ0n) is 22.8. The van der Waals surface area contributed by atoms with E-state index in [0.29, 0.717) is 115 Å². The van der Waals surface area contributed by atoms with Gasteiger partial charge in [-0.3, -0.25) is 4.79 Å². The Hall–Kier alpha value is -2.61. The number of ketones is 1. The highest BCUT2D eigenvalue weighted by Gasteiger charge is 2.27. The van der Waals surface area contributed by atoms with E-state index in [2.05, 4.69) is 0 Å². The molecule has 2 aromatic rings. The van der Waals surface area contributed by atoms with Gasteiger partial charge in [0.15, 0.2) is 5.78 Å². The number of ether oxygens (including phenoxy) is 8. The van der Waals surface area contributed by atoms with Gasteiger partial charge in [0.2, 0.25) is 0 Å². The Morgan fingerprint density at radius 1 is 0.425 bits per heavy atom. The summed E-state index contributed by atoms with van der Waals surface area (Å²) in [6, 6.07) is 11.0. The fourth-order valence-electron chi connectivity index (χ4n) is 3.87. The maximum atomic E-state index is 13.1. The van der Waals surface area contributed by atoms with Crippen LogP contribution in [0.2, 0.25) is 0 Å². The first kappa shape index (κ1) is 31.9. The van der Waals surface area contributed by atoms with Gasteiger partial charge in [0.25, 0.3) is 0 Å². The first-order chi connectivity index (χ1) is 19.7. The van der Waals surface area contributed by atoms with E-state index in [9.17, 15) is 4.79 Å². The molecule has 0 unspecified atom stereocenters. The number of aliphatic hydroxyl groups excluding tert-OH is 2. The van der Waals surface area contributed by atoms with Gasteiger partial charge in [0, 0.05) is 11.1 Å². The standard InChI is InChI=1S/C29H40O11/c30-5-7-33-9-11-35-13-15-37-17-19-39-23-1-3-25-26-4-2-24(22-28(26)29(32)27(25)21-23)40-20-18-38-16-14-36-12-10-34-8-6-31/h1-4,21-22,30-31H,5-20H2. The van der Waals surface area contributed by atoms with Gasteiger partial charge < -0.3 is 48.1 Å². The molecule has 0 radical (unpaired) electrons. The molecule has 0 aliphatic heterocycles. The van der Waals surface area contributed by atoms with Crippen LogP contribution < -0.4 is 9.47 Å². The maximum absolute atomic E-state index is 13.1. The molecule has 0 bridgehead atoms. The molecule has 0 saturated heterocycles. The highest BCUT2D eigenvalue weighted by atomic mass is 16.6. The molecular formula is C29H40O11. The van der Waals surface area contributed by atoms with E-state index in [1.54, 1.807) is 12.1 Å². The number of carbonyl (C=O) groups excluding carboxylic acids is 1. The van der Waals surface area contributed by atoms with E-state index < -0.39 is 0 Å². The summed E-state index contributed by atoms with van der Waals surface area (Å²) in [7, 11) is 0. The first-order valence-corrected chi connectivity index (χ1v) is 13.5. The third-order valence-electron chi connectivity index (χ3n) is 5.71. The number of fused-ring (bicyclic) bond motifs is 3. The molecule has 0 amide bonds. The van der Waals surface area contributed by atoms with Gasteiger partial charge in [-0.25, -0.2) is 0 Å². The number of carbonyl (C=O) groups is 1. The normalized spacial score (nSPS) is 12.0. The van der Waals surface area contributed by atoms with E-state index in [0.717, 1.165) is 11.1 Å². The summed E-state index contributed by atoms with van der Waals surface area (Å²) < 4.78 is 43.5. The molecule has 0 heterocycles. The second-order valence-corrected chi connectivity index (χ2v) is 8.56. The van der Waals surface area contributed by atoms with Crippen LogP contribution in [-0.4, -0.2) is 122 Å². The number of hydrogen-bond acceptors (Lipinski definition) is 11. The fraction of sp³-hybridized carbons (Fsp3) is 0.552. The van der Waals surface area contributed by atoms with Gasteiger partial charge in [0.05, 0.1) is 92.5 Å². The van der Waals surface area contributed by atoms with Crippen molar-refractivity contribution in [2.75, 3.05) is 106 Å². The van der Waals surface area contributed by atoms with E-state index in [1.165, 1.54) is 0 Å². The van der Waals surface area contributed by atoms with Crippen LogP contribution in [0.25, 0.3) is 11.1 Å². The lowest BCUT2D eigenvalue weighted by Crippen LogP contribution is -2.13. The summed E-state index contributed by atoms with van der Waals surface area (Å²) >= 11 is 0. The van der Waals surface area contributed by atoms with Crippen LogP contribution in [0.3, 0.4) is 0 Å². The van der Waals surface area contributed by atoms with Crippen LogP contribution >= 0.6 is 0 Å². The molecule has 0 fully saturated rings. The van der Waals surface area contributed by atoms with Crippen LogP contribution in [0, 0.1) is 0 Å². The van der Waals surface area contributed by atoms with Gasteiger partial charge in [-0.2, -0.15) is 0 Å². The number of aliphatic hydroxyl groups is 2. The Morgan fingerprint density at radius 2 is 0.750 bits per heavy atom. The molecule has 222 valence electrons. The Morgan fingerprint density at radius 3 is 1.10 bits per heavy atom. The number of rotatable bonds is 24. The molecule has 1 aliphatic rings. The van der Waals surface area contributed by atoms with E-state index >= 15 is 0 Å². The summed E-state index contributed by atoms with van der Waals surface area (Å²) in [6.07, 6.45) is 0. The predicted octanol–water partition coefficient (Wildman–Crippen LogP) is 1.74. The molecule has 0 saturated carbocycles. The Balaban J connectivity index is 1.31. The van der Waals surface area contributed by atoms with Gasteiger partial charge in [-0.1, -0.05) is 0 Å². The van der Waals surface area contributed by atoms with Crippen LogP contribution in [0.5, 0.6) is 11.5 Å². The van der Waals surface area contributed by atoms with Crippen LogP contribution in [0.15, 0.2) is 36.4 Å². The summed E-state index contributed by atoms with van der Waals surface area (Å²) in [5.41, 5.74) is 2.96. The molecule has 2 N–H and O–H groups in total. The number of benzene rings is 2. The molecule has 2 aromatic carbocycles. The molecular weight excluding hydrogens is 524 g/mol. The smallest absolute Gasteiger partial charge is 0.194 e. The van der Waals surface area contributed by atoms with Gasteiger partial charge in [0.1, 0.15) is 24.7 Å². The second-order valence-electron chi connectivity index (χ2n) is 8.56. The summed E-state index contributed by atoms with van der Waals surface area (Å²) in [5.74, 6) is 1.15. The van der Waals surface area contributed by atoms with Crippen molar-refractivity contribution in [1.29, 1.82) is 0 Å². The third-order valence-corrected chi connectivity index (χ3v) is 5.71. The predicted molar refractivity (Wildman–Crippen MR) is 145 cm³/mol. The Bertz CT molecular complexity index is 920. The topological polar surface area (TPSA) is 131 Å². The molecule has 0 spiro atoms. The lowest BCUT2D eigenvalue weighted by molar-refractivity contribution is 0.00361. The van der Waals surface area contributed by atoms with Crippen molar-refractivity contribution in [2.24, 2.45) is 0 Å². The lowest BCUT2D eigenvalue weighted by atomic mass is 10.1. The van der Waals surface area contributed by atoms with Crippen molar-refractivity contribution in [3.05, 3.63) is 47.5 Å². The molecule has 3 rings (SSSR count). The zero-order chi connectivity index (χ0) is 28.3.